The number of likely N-dealkylation sites (tertiary alicyclic amines) is 1. The molecule has 4 aliphatic carbocycles. The summed E-state index contributed by atoms with van der Waals surface area (Å²) >= 11 is 3.25. The Morgan fingerprint density at radius 3 is 2.38 bits per heavy atom. The van der Waals surface area contributed by atoms with E-state index in [2.05, 4.69) is 52.7 Å². The minimum absolute atomic E-state index is 0.0129. The van der Waals surface area contributed by atoms with Crippen molar-refractivity contribution in [3.05, 3.63) is 82.5 Å². The van der Waals surface area contributed by atoms with Crippen LogP contribution in [0.25, 0.3) is 15.8 Å². The number of likely N-dealkylation sites (N-methyl/N-ethyl adjacent to an activating group) is 1. The number of amidine groups is 2. The minimum Gasteiger partial charge on any atom is -0.480 e. The maximum atomic E-state index is 11.0. The smallest absolute Gasteiger partial charge is 0.299 e. The largest absolute Gasteiger partial charge is 0.480 e. The number of aliphatic hydroxyl groups excluding tert-OH is 1. The van der Waals surface area contributed by atoms with Gasteiger partial charge in [-0.15, -0.1) is 0 Å². The lowest BCUT2D eigenvalue weighted by atomic mass is 9.39. The molecule has 368 valence electrons. The zero-order valence-corrected chi connectivity index (χ0v) is 43.1. The summed E-state index contributed by atoms with van der Waals surface area (Å²) in [5, 5.41) is 39.6. The third-order valence-electron chi connectivity index (χ3n) is 14.4. The van der Waals surface area contributed by atoms with Gasteiger partial charge < -0.3 is 50.0 Å². The number of aliphatic imine (C=N–C) groups is 1. The highest BCUT2D eigenvalue weighted by molar-refractivity contribution is 14.1. The van der Waals surface area contributed by atoms with E-state index in [4.69, 9.17) is 29.8 Å². The number of dihydropyridines is 1. The quantitative estimate of drug-likeness (QED) is 0.0160. The van der Waals surface area contributed by atoms with Crippen molar-refractivity contribution in [2.45, 2.75) is 97.6 Å². The molecule has 4 bridgehead atoms. The molecule has 18 heteroatoms. The molecule has 4 heterocycles. The van der Waals surface area contributed by atoms with Crippen LogP contribution in [0.5, 0.6) is 0 Å². The second-order valence-corrected chi connectivity index (χ2v) is 22.6. The predicted molar refractivity (Wildman–Crippen MR) is 274 cm³/mol. The Bertz CT molecular complexity index is 2470. The molecule has 0 amide bonds. The summed E-state index contributed by atoms with van der Waals surface area (Å²) < 4.78 is 27.1. The van der Waals surface area contributed by atoms with Gasteiger partial charge in [-0.25, -0.2) is 9.98 Å². The molecule has 16 nitrogen and oxygen atoms in total. The van der Waals surface area contributed by atoms with E-state index in [1.165, 1.54) is 17.8 Å². The summed E-state index contributed by atoms with van der Waals surface area (Å²) in [6, 6.07) is 7.87. The van der Waals surface area contributed by atoms with E-state index in [1.807, 2.05) is 54.4 Å². The summed E-state index contributed by atoms with van der Waals surface area (Å²) in [5.41, 5.74) is 11.6. The Morgan fingerprint density at radius 1 is 0.985 bits per heavy atom. The van der Waals surface area contributed by atoms with Crippen molar-refractivity contribution < 1.29 is 34.0 Å². The summed E-state index contributed by atoms with van der Waals surface area (Å²) in [7, 11) is 2.11. The first-order valence-electron chi connectivity index (χ1n) is 23.8. The number of piperidine rings is 1. The van der Waals surface area contributed by atoms with E-state index < -0.39 is 5.95 Å². The second kappa shape index (κ2) is 21.0. The number of fused-ring (bicyclic) bond motifs is 1. The molecule has 1 saturated heterocycles. The maximum absolute atomic E-state index is 11.0. The molecule has 2 unspecified atom stereocenters. The SMILES string of the molecule is CC(/C(N)=N/c1nc2ccccc2s1)=C1\CCCN(C2=CC=C(c3cnn(CC45CC6(C)CC(C)(C4)CC(OCCN(C)CCOCCOCCOCCC(=O)I)(C6)C5)c3C)C(=C(O)O)N2)C1=N. The van der Waals surface area contributed by atoms with Crippen LogP contribution in [0.15, 0.2) is 76.2 Å². The number of hydrogen-bond acceptors (Lipinski definition) is 14. The summed E-state index contributed by atoms with van der Waals surface area (Å²) in [6.07, 6.45) is 14.1. The molecule has 2 aromatic heterocycles. The third-order valence-corrected chi connectivity index (χ3v) is 15.8. The van der Waals surface area contributed by atoms with Gasteiger partial charge in [0.05, 0.1) is 68.3 Å². The van der Waals surface area contributed by atoms with Gasteiger partial charge in [-0.05, 0) is 141 Å². The number of nitrogens with zero attached hydrogens (tertiary/aromatic N) is 6. The molecule has 5 fully saturated rings. The molecule has 0 radical (unpaired) electrons. The van der Waals surface area contributed by atoms with Gasteiger partial charge in [0.25, 0.3) is 5.95 Å². The second-order valence-electron chi connectivity index (χ2n) is 20.4. The number of aliphatic hydroxyl groups is 2. The normalized spacial score (nSPS) is 26.7. The lowest BCUT2D eigenvalue weighted by molar-refractivity contribution is -0.248. The Kier molecular flexibility index (Phi) is 15.5. The summed E-state index contributed by atoms with van der Waals surface area (Å²) in [6.45, 7) is 15.5. The highest BCUT2D eigenvalue weighted by Crippen LogP contribution is 2.72. The number of nitrogens with one attached hydrogen (secondary N) is 2. The van der Waals surface area contributed by atoms with Gasteiger partial charge >= 0.3 is 0 Å². The van der Waals surface area contributed by atoms with Crippen LogP contribution in [0.4, 0.5) is 5.13 Å². The highest BCUT2D eigenvalue weighted by atomic mass is 127. The molecule has 9 rings (SSSR count). The van der Waals surface area contributed by atoms with Crippen LogP contribution in [0, 0.1) is 28.6 Å². The number of carbonyl (C=O) groups is 1. The number of para-hydroxylation sites is 1. The van der Waals surface area contributed by atoms with Crippen molar-refractivity contribution in [2.75, 3.05) is 72.9 Å². The Labute approximate surface area is 417 Å². The van der Waals surface area contributed by atoms with E-state index in [0.29, 0.717) is 88.0 Å². The molecule has 1 aromatic carbocycles. The van der Waals surface area contributed by atoms with Crippen molar-refractivity contribution in [1.29, 1.82) is 5.41 Å². The number of hydrogen-bond donors (Lipinski definition) is 5. The van der Waals surface area contributed by atoms with E-state index in [9.17, 15) is 20.4 Å². The number of carbonyl (C=O) groups excluding carboxylic acids is 1. The van der Waals surface area contributed by atoms with Crippen molar-refractivity contribution in [2.24, 2.45) is 27.0 Å². The first-order valence-corrected chi connectivity index (χ1v) is 25.7. The van der Waals surface area contributed by atoms with Gasteiger partial charge in [-0.3, -0.25) is 14.9 Å². The highest BCUT2D eigenvalue weighted by Gasteiger charge is 2.66. The fourth-order valence-electron chi connectivity index (χ4n) is 12.5. The number of allylic oxidation sites excluding steroid dienone is 3. The first kappa shape index (κ1) is 50.2. The first-order chi connectivity index (χ1) is 32.5. The average Bonchev–Trinajstić information content (AvgIpc) is 3.85. The monoisotopic (exact) mass is 1070 g/mol. The van der Waals surface area contributed by atoms with Crippen LogP contribution in [-0.2, 0) is 30.3 Å². The van der Waals surface area contributed by atoms with Gasteiger partial charge in [0.2, 0.25) is 5.13 Å². The van der Waals surface area contributed by atoms with Crippen LogP contribution >= 0.6 is 33.9 Å². The molecular weight excluding hydrogens is 998 g/mol. The lowest BCUT2D eigenvalue weighted by Crippen LogP contribution is -2.64. The topological polar surface area (TPSA) is 206 Å². The number of ether oxygens (including phenoxy) is 4. The van der Waals surface area contributed by atoms with E-state index >= 15 is 0 Å². The zero-order chi connectivity index (χ0) is 48.3. The van der Waals surface area contributed by atoms with Crippen LogP contribution in [-0.4, -0.2) is 129 Å². The van der Waals surface area contributed by atoms with Crippen LogP contribution in [0.2, 0.25) is 0 Å². The molecule has 4 saturated carbocycles. The van der Waals surface area contributed by atoms with Crippen LogP contribution < -0.4 is 11.1 Å². The molecule has 2 atom stereocenters. The van der Waals surface area contributed by atoms with Crippen molar-refractivity contribution >= 4 is 70.3 Å². The van der Waals surface area contributed by atoms with Gasteiger partial charge in [-0.2, -0.15) is 5.10 Å². The number of halogens is 1. The van der Waals surface area contributed by atoms with Crippen LogP contribution in [0.3, 0.4) is 0 Å². The minimum atomic E-state index is -0.832. The number of aromatic nitrogens is 3. The van der Waals surface area contributed by atoms with Crippen molar-refractivity contribution in [3.63, 3.8) is 0 Å². The maximum Gasteiger partial charge on any atom is 0.299 e. The van der Waals surface area contributed by atoms with Gasteiger partial charge in [0, 0.05) is 55.0 Å². The number of thiazole rings is 1. The molecule has 6 N–H and O–H groups in total. The standard InChI is InChI=1S/C50H68IN9O7S/c1-33(43(52)57-46-55-38-10-6-7-11-39(38)68-46)35-9-8-15-59(44(35)53)41-13-12-36(42(56-41)45(62)63)37-25-54-60(34(37)2)32-49-27-47(3)26-48(4,28-49)30-50(29-47,31-49)67-20-17-58(5)16-19-65-22-24-66-23-21-64-18-14-40(51)61/h6-7,10-13,25,53,56,62-63H,8-9,14-24,26-32H2,1-5H3,(H2,52,55,57)/b35-33-,53-44?. The molecule has 2 aliphatic heterocycles. The molecule has 0 spiro atoms. The van der Waals surface area contributed by atoms with E-state index in [0.717, 1.165) is 90.8 Å². The zero-order valence-electron chi connectivity index (χ0n) is 40.2. The Morgan fingerprint density at radius 2 is 1.68 bits per heavy atom. The molecule has 3 aromatic rings. The Hall–Kier alpha value is -4.18. The summed E-state index contributed by atoms with van der Waals surface area (Å²) in [5.74, 6) is 0.335. The van der Waals surface area contributed by atoms with Crippen molar-refractivity contribution in [1.82, 2.24) is 29.9 Å². The van der Waals surface area contributed by atoms with Crippen molar-refractivity contribution in [3.8, 4) is 0 Å². The third kappa shape index (κ3) is 11.5. The molecular formula is C50H68IN9O7S. The summed E-state index contributed by atoms with van der Waals surface area (Å²) in [4.78, 5) is 24.3. The van der Waals surface area contributed by atoms with Gasteiger partial charge in [0.1, 0.15) is 23.2 Å². The van der Waals surface area contributed by atoms with E-state index in [1.54, 1.807) is 22.6 Å². The number of benzene rings is 1. The molecule has 6 aliphatic rings. The number of rotatable bonds is 22. The fourth-order valence-corrected chi connectivity index (χ4v) is 13.6. The van der Waals surface area contributed by atoms with Crippen LogP contribution in [0.1, 0.15) is 89.8 Å². The van der Waals surface area contributed by atoms with Gasteiger partial charge in [0.15, 0.2) is 3.79 Å². The van der Waals surface area contributed by atoms with E-state index in [-0.39, 0.29) is 37.2 Å². The fraction of sp³-hybridized carbons (Fsp3) is 0.580. The lowest BCUT2D eigenvalue weighted by Gasteiger charge is -2.69. The van der Waals surface area contributed by atoms with Gasteiger partial charge in [-0.1, -0.05) is 37.3 Å². The average molecular weight is 1070 g/mol. The Balaban J connectivity index is 0.892. The molecule has 68 heavy (non-hydrogen) atoms. The predicted octanol–water partition coefficient (Wildman–Crippen LogP) is 8.46. The number of nitrogens with two attached hydrogens (primary N) is 1.